The molecule has 1 fully saturated rings. The topological polar surface area (TPSA) is 12.0 Å². The maximum absolute atomic E-state index is 3.90. The van der Waals surface area contributed by atoms with Crippen LogP contribution in [-0.4, -0.2) is 6.04 Å². The monoisotopic (exact) mass is 229 g/mol. The summed E-state index contributed by atoms with van der Waals surface area (Å²) < 4.78 is 0. The van der Waals surface area contributed by atoms with Gasteiger partial charge >= 0.3 is 0 Å². The Morgan fingerprint density at radius 1 is 1.29 bits per heavy atom. The number of rotatable bonds is 3. The molecule has 0 bridgehead atoms. The molecule has 2 aliphatic rings. The van der Waals surface area contributed by atoms with Crippen molar-refractivity contribution in [2.75, 3.05) is 0 Å². The number of hydrogen-bond donors (Lipinski definition) is 1. The molecule has 0 aliphatic heterocycles. The van der Waals surface area contributed by atoms with E-state index in [0.29, 0.717) is 11.5 Å². The molecular weight excluding hydrogens is 206 g/mol. The quantitative estimate of drug-likeness (QED) is 0.833. The minimum Gasteiger partial charge on any atom is -0.306 e. The van der Waals surface area contributed by atoms with Gasteiger partial charge in [-0.1, -0.05) is 51.5 Å². The number of benzene rings is 1. The van der Waals surface area contributed by atoms with Crippen LogP contribution in [0.3, 0.4) is 0 Å². The Morgan fingerprint density at radius 2 is 2.06 bits per heavy atom. The smallest absolute Gasteiger partial charge is 0.0380 e. The van der Waals surface area contributed by atoms with Crippen LogP contribution >= 0.6 is 0 Å². The predicted octanol–water partition coefficient (Wildman–Crippen LogP) is 3.70. The van der Waals surface area contributed by atoms with Gasteiger partial charge in [0.05, 0.1) is 0 Å². The molecule has 0 heterocycles. The third kappa shape index (κ3) is 1.91. The highest BCUT2D eigenvalue weighted by Gasteiger charge is 2.44. The SMILES string of the molecule is CCC1CC1NC1c2ccccc2CC1(C)C. The fourth-order valence-electron chi connectivity index (χ4n) is 3.42. The summed E-state index contributed by atoms with van der Waals surface area (Å²) in [6.07, 6.45) is 3.92. The van der Waals surface area contributed by atoms with E-state index in [0.717, 1.165) is 12.0 Å². The lowest BCUT2D eigenvalue weighted by molar-refractivity contribution is 0.264. The van der Waals surface area contributed by atoms with E-state index >= 15 is 0 Å². The zero-order valence-corrected chi connectivity index (χ0v) is 11.2. The van der Waals surface area contributed by atoms with Gasteiger partial charge in [-0.3, -0.25) is 0 Å². The van der Waals surface area contributed by atoms with Crippen LogP contribution in [-0.2, 0) is 6.42 Å². The van der Waals surface area contributed by atoms with Gasteiger partial charge < -0.3 is 5.32 Å². The highest BCUT2D eigenvalue weighted by atomic mass is 15.0. The van der Waals surface area contributed by atoms with E-state index in [1.807, 2.05) is 0 Å². The third-order valence-corrected chi connectivity index (χ3v) is 4.62. The Hall–Kier alpha value is -0.820. The zero-order chi connectivity index (χ0) is 12.0. The summed E-state index contributed by atoms with van der Waals surface area (Å²) in [6, 6.07) is 10.3. The summed E-state index contributed by atoms with van der Waals surface area (Å²) in [5, 5.41) is 3.90. The lowest BCUT2D eigenvalue weighted by atomic mass is 9.85. The summed E-state index contributed by atoms with van der Waals surface area (Å²) >= 11 is 0. The summed E-state index contributed by atoms with van der Waals surface area (Å²) in [6.45, 7) is 7.10. The molecule has 1 saturated carbocycles. The van der Waals surface area contributed by atoms with Gasteiger partial charge in [-0.2, -0.15) is 0 Å². The van der Waals surface area contributed by atoms with E-state index in [9.17, 15) is 0 Å². The van der Waals surface area contributed by atoms with Crippen molar-refractivity contribution in [1.82, 2.24) is 5.32 Å². The molecule has 1 aromatic rings. The highest BCUT2D eigenvalue weighted by Crippen LogP contribution is 2.47. The second kappa shape index (κ2) is 3.84. The average Bonchev–Trinajstić information content (AvgIpc) is 2.99. The van der Waals surface area contributed by atoms with Gasteiger partial charge in [0.15, 0.2) is 0 Å². The van der Waals surface area contributed by atoms with Crippen LogP contribution in [0.2, 0.25) is 0 Å². The van der Waals surface area contributed by atoms with Gasteiger partial charge in [0.1, 0.15) is 0 Å². The van der Waals surface area contributed by atoms with Crippen molar-refractivity contribution >= 4 is 0 Å². The molecule has 2 aliphatic carbocycles. The molecule has 1 N–H and O–H groups in total. The number of fused-ring (bicyclic) bond motifs is 1. The first-order valence-corrected chi connectivity index (χ1v) is 6.95. The van der Waals surface area contributed by atoms with E-state index in [-0.39, 0.29) is 0 Å². The van der Waals surface area contributed by atoms with E-state index < -0.39 is 0 Å². The Labute approximate surface area is 105 Å². The van der Waals surface area contributed by atoms with Gasteiger partial charge in [-0.05, 0) is 35.3 Å². The van der Waals surface area contributed by atoms with Crippen molar-refractivity contribution < 1.29 is 0 Å². The van der Waals surface area contributed by atoms with Gasteiger partial charge in [0.2, 0.25) is 0 Å². The number of nitrogens with one attached hydrogen (secondary N) is 1. The van der Waals surface area contributed by atoms with E-state index in [2.05, 4.69) is 50.4 Å². The fourth-order valence-corrected chi connectivity index (χ4v) is 3.42. The molecule has 0 amide bonds. The largest absolute Gasteiger partial charge is 0.306 e. The molecular formula is C16H23N. The Morgan fingerprint density at radius 3 is 2.76 bits per heavy atom. The second-order valence-electron chi connectivity index (χ2n) is 6.47. The van der Waals surface area contributed by atoms with Crippen LogP contribution in [0.15, 0.2) is 24.3 Å². The molecule has 3 unspecified atom stereocenters. The summed E-state index contributed by atoms with van der Waals surface area (Å²) in [4.78, 5) is 0. The van der Waals surface area contributed by atoms with Crippen LogP contribution in [0.4, 0.5) is 0 Å². The summed E-state index contributed by atoms with van der Waals surface area (Å²) in [5.74, 6) is 0.929. The molecule has 1 heteroatoms. The van der Waals surface area contributed by atoms with Gasteiger partial charge in [-0.25, -0.2) is 0 Å². The Kier molecular flexibility index (Phi) is 2.55. The average molecular weight is 229 g/mol. The predicted molar refractivity (Wildman–Crippen MR) is 72.0 cm³/mol. The van der Waals surface area contributed by atoms with Gasteiger partial charge in [0, 0.05) is 12.1 Å². The van der Waals surface area contributed by atoms with E-state index in [1.54, 1.807) is 11.1 Å². The first-order valence-electron chi connectivity index (χ1n) is 6.95. The van der Waals surface area contributed by atoms with Crippen LogP contribution in [0.5, 0.6) is 0 Å². The summed E-state index contributed by atoms with van der Waals surface area (Å²) in [7, 11) is 0. The summed E-state index contributed by atoms with van der Waals surface area (Å²) in [5.41, 5.74) is 3.45. The maximum atomic E-state index is 3.90. The molecule has 3 rings (SSSR count). The molecule has 1 nitrogen and oxygen atoms in total. The van der Waals surface area contributed by atoms with Crippen LogP contribution in [0.25, 0.3) is 0 Å². The van der Waals surface area contributed by atoms with Crippen LogP contribution in [0, 0.1) is 11.3 Å². The molecule has 0 spiro atoms. The second-order valence-corrected chi connectivity index (χ2v) is 6.47. The highest BCUT2D eigenvalue weighted by molar-refractivity contribution is 5.37. The molecule has 1 aromatic carbocycles. The van der Waals surface area contributed by atoms with Crippen molar-refractivity contribution in [2.45, 2.75) is 52.1 Å². The lowest BCUT2D eigenvalue weighted by Gasteiger charge is -2.29. The Balaban J connectivity index is 1.82. The van der Waals surface area contributed by atoms with Crippen molar-refractivity contribution in [1.29, 1.82) is 0 Å². The Bertz CT molecular complexity index is 421. The molecule has 92 valence electrons. The minimum atomic E-state index is 0.366. The van der Waals surface area contributed by atoms with Crippen molar-refractivity contribution in [3.8, 4) is 0 Å². The number of hydrogen-bond acceptors (Lipinski definition) is 1. The van der Waals surface area contributed by atoms with Gasteiger partial charge in [0.25, 0.3) is 0 Å². The normalized spacial score (nSPS) is 33.5. The fraction of sp³-hybridized carbons (Fsp3) is 0.625. The molecule has 17 heavy (non-hydrogen) atoms. The minimum absolute atomic E-state index is 0.366. The van der Waals surface area contributed by atoms with E-state index in [1.165, 1.54) is 19.3 Å². The van der Waals surface area contributed by atoms with Crippen LogP contribution in [0.1, 0.15) is 50.8 Å². The molecule has 3 atom stereocenters. The first-order chi connectivity index (χ1) is 8.12. The molecule has 0 saturated heterocycles. The lowest BCUT2D eigenvalue weighted by Crippen LogP contribution is -2.33. The molecule has 0 aromatic heterocycles. The molecule has 0 radical (unpaired) electrons. The standard InChI is InChI=1S/C16H23N/c1-4-11-9-14(11)17-15-13-8-6-5-7-12(13)10-16(15,2)3/h5-8,11,14-15,17H,4,9-10H2,1-3H3. The van der Waals surface area contributed by atoms with Crippen molar-refractivity contribution in [3.05, 3.63) is 35.4 Å². The van der Waals surface area contributed by atoms with Crippen LogP contribution < -0.4 is 5.32 Å². The van der Waals surface area contributed by atoms with E-state index in [4.69, 9.17) is 0 Å². The zero-order valence-electron chi connectivity index (χ0n) is 11.2. The van der Waals surface area contributed by atoms with Gasteiger partial charge in [-0.15, -0.1) is 0 Å². The van der Waals surface area contributed by atoms with Crippen molar-refractivity contribution in [2.24, 2.45) is 11.3 Å². The van der Waals surface area contributed by atoms with Crippen molar-refractivity contribution in [3.63, 3.8) is 0 Å². The first kappa shape index (κ1) is 11.3. The third-order valence-electron chi connectivity index (χ3n) is 4.62. The maximum Gasteiger partial charge on any atom is 0.0380 e.